The molecular formula is C31H30F3N7O5. The number of pyridine rings is 1. The highest BCUT2D eigenvalue weighted by Gasteiger charge is 2.32. The number of carbonyl (C=O) groups excluding carboxylic acids is 2. The SMILES string of the molecule is Cc1c(C2CCN(C(=O)c3ncccc3O)CC2)c(=O)n2nc(C3=CCOCC3)nc2n1CC(=O)Nc1ccc(C(F)(F)F)cc1. The van der Waals surface area contributed by atoms with Crippen molar-refractivity contribution in [3.05, 3.63) is 87.4 Å². The van der Waals surface area contributed by atoms with E-state index in [2.05, 4.69) is 20.4 Å². The number of hydrogen-bond acceptors (Lipinski definition) is 8. The fourth-order valence-corrected chi connectivity index (χ4v) is 5.87. The predicted molar refractivity (Wildman–Crippen MR) is 159 cm³/mol. The van der Waals surface area contributed by atoms with E-state index in [0.717, 1.165) is 17.7 Å². The van der Waals surface area contributed by atoms with Crippen LogP contribution in [0.1, 0.15) is 58.3 Å². The van der Waals surface area contributed by atoms with Gasteiger partial charge in [0.2, 0.25) is 11.7 Å². The van der Waals surface area contributed by atoms with Crippen LogP contribution < -0.4 is 10.9 Å². The van der Waals surface area contributed by atoms with Crippen LogP contribution in [0.2, 0.25) is 0 Å². The third-order valence-electron chi connectivity index (χ3n) is 8.28. The summed E-state index contributed by atoms with van der Waals surface area (Å²) < 4.78 is 47.2. The van der Waals surface area contributed by atoms with E-state index in [4.69, 9.17) is 4.74 Å². The third kappa shape index (κ3) is 6.09. The van der Waals surface area contributed by atoms with Crippen LogP contribution in [0.15, 0.2) is 53.5 Å². The van der Waals surface area contributed by atoms with E-state index < -0.39 is 23.6 Å². The first-order valence-corrected chi connectivity index (χ1v) is 14.7. The molecule has 0 unspecified atom stereocenters. The maximum Gasteiger partial charge on any atom is 0.416 e. The molecule has 0 atom stereocenters. The highest BCUT2D eigenvalue weighted by molar-refractivity contribution is 5.94. The van der Waals surface area contributed by atoms with Gasteiger partial charge in [-0.25, -0.2) is 4.98 Å². The minimum absolute atomic E-state index is 0.0440. The molecule has 0 radical (unpaired) electrons. The zero-order valence-electron chi connectivity index (χ0n) is 24.8. The lowest BCUT2D eigenvalue weighted by Gasteiger charge is -2.32. The Morgan fingerprint density at radius 2 is 1.87 bits per heavy atom. The number of alkyl halides is 3. The summed E-state index contributed by atoms with van der Waals surface area (Å²) in [6.07, 6.45) is 0.170. The molecule has 1 fully saturated rings. The van der Waals surface area contributed by atoms with Gasteiger partial charge in [0.1, 0.15) is 12.3 Å². The summed E-state index contributed by atoms with van der Waals surface area (Å²) in [5.41, 5.74) is 0.642. The number of ether oxygens (including phenoxy) is 1. The number of piperidine rings is 1. The number of hydrogen-bond donors (Lipinski definition) is 2. The highest BCUT2D eigenvalue weighted by atomic mass is 19.4. The molecule has 2 aliphatic heterocycles. The first kappa shape index (κ1) is 31.0. The van der Waals surface area contributed by atoms with Crippen molar-refractivity contribution in [3.63, 3.8) is 0 Å². The van der Waals surface area contributed by atoms with Gasteiger partial charge in [0.15, 0.2) is 11.5 Å². The normalized spacial score (nSPS) is 16.0. The predicted octanol–water partition coefficient (Wildman–Crippen LogP) is 3.78. The molecule has 4 aromatic rings. The van der Waals surface area contributed by atoms with Gasteiger partial charge in [-0.2, -0.15) is 22.7 Å². The third-order valence-corrected chi connectivity index (χ3v) is 8.28. The Morgan fingerprint density at radius 3 is 2.52 bits per heavy atom. The number of aromatic nitrogens is 5. The van der Waals surface area contributed by atoms with Crippen molar-refractivity contribution < 1.29 is 32.6 Å². The van der Waals surface area contributed by atoms with Gasteiger partial charge in [-0.15, -0.1) is 5.10 Å². The van der Waals surface area contributed by atoms with Crippen molar-refractivity contribution >= 4 is 28.9 Å². The van der Waals surface area contributed by atoms with Crippen LogP contribution in [0.5, 0.6) is 5.75 Å². The van der Waals surface area contributed by atoms with E-state index in [-0.39, 0.29) is 40.9 Å². The smallest absolute Gasteiger partial charge is 0.416 e. The Kier molecular flexibility index (Phi) is 8.34. The summed E-state index contributed by atoms with van der Waals surface area (Å²) in [7, 11) is 0. The molecule has 3 aromatic heterocycles. The highest BCUT2D eigenvalue weighted by Crippen LogP contribution is 2.31. The largest absolute Gasteiger partial charge is 0.505 e. The fourth-order valence-electron chi connectivity index (χ4n) is 5.87. The molecule has 15 heteroatoms. The lowest BCUT2D eigenvalue weighted by molar-refractivity contribution is -0.137. The van der Waals surface area contributed by atoms with Crippen molar-refractivity contribution in [2.75, 3.05) is 31.6 Å². The van der Waals surface area contributed by atoms with Crippen LogP contribution in [0.25, 0.3) is 11.4 Å². The van der Waals surface area contributed by atoms with Crippen LogP contribution >= 0.6 is 0 Å². The summed E-state index contributed by atoms with van der Waals surface area (Å²) in [5, 5.41) is 17.2. The van der Waals surface area contributed by atoms with Gasteiger partial charge in [0.05, 0.1) is 18.8 Å². The quantitative estimate of drug-likeness (QED) is 0.325. The molecule has 5 heterocycles. The Hall–Kier alpha value is -5.05. The van der Waals surface area contributed by atoms with Crippen molar-refractivity contribution in [1.29, 1.82) is 0 Å². The van der Waals surface area contributed by atoms with Crippen molar-refractivity contribution in [1.82, 2.24) is 29.0 Å². The number of nitrogens with zero attached hydrogens (tertiary/aromatic N) is 6. The lowest BCUT2D eigenvalue weighted by atomic mass is 9.89. The number of rotatable bonds is 6. The van der Waals surface area contributed by atoms with Gasteiger partial charge < -0.3 is 24.6 Å². The van der Waals surface area contributed by atoms with E-state index in [9.17, 15) is 32.7 Å². The molecule has 2 N–H and O–H groups in total. The van der Waals surface area contributed by atoms with Crippen molar-refractivity contribution in [3.8, 4) is 5.75 Å². The van der Waals surface area contributed by atoms with Crippen LogP contribution in [-0.4, -0.2) is 72.3 Å². The molecule has 0 saturated carbocycles. The van der Waals surface area contributed by atoms with Gasteiger partial charge >= 0.3 is 6.18 Å². The molecule has 12 nitrogen and oxygen atoms in total. The molecule has 1 aromatic carbocycles. The standard InChI is InChI=1S/C31H30F3N7O5/c1-18-25(19-8-13-39(14-9-19)29(45)26-23(42)3-2-12-35-26)28(44)41-30(37-27(38-41)20-10-15-46-16-11-20)40(18)17-24(43)36-22-6-4-21(5-7-22)31(32,33)34/h2-7,10,12,19,42H,8-9,11,13-17H2,1H3,(H,36,43). The van der Waals surface area contributed by atoms with Crippen molar-refractivity contribution in [2.45, 2.75) is 44.8 Å². The van der Waals surface area contributed by atoms with E-state index >= 15 is 0 Å². The second-order valence-electron chi connectivity index (χ2n) is 11.2. The first-order valence-electron chi connectivity index (χ1n) is 14.7. The van der Waals surface area contributed by atoms with Gasteiger partial charge in [0.25, 0.3) is 11.5 Å². The van der Waals surface area contributed by atoms with Gasteiger partial charge in [-0.05, 0) is 74.1 Å². The van der Waals surface area contributed by atoms with E-state index in [0.29, 0.717) is 62.6 Å². The molecule has 6 rings (SSSR count). The maximum atomic E-state index is 14.0. The molecule has 240 valence electrons. The number of aromatic hydroxyl groups is 1. The number of nitrogens with one attached hydrogen (secondary N) is 1. The molecule has 2 aliphatic rings. The monoisotopic (exact) mass is 637 g/mol. The van der Waals surface area contributed by atoms with E-state index in [1.807, 2.05) is 6.08 Å². The Labute approximate surface area is 260 Å². The van der Waals surface area contributed by atoms with Crippen LogP contribution in [0.4, 0.5) is 18.9 Å². The Balaban J connectivity index is 1.31. The molecule has 0 spiro atoms. The number of amides is 2. The molecule has 0 aliphatic carbocycles. The van der Waals surface area contributed by atoms with E-state index in [1.165, 1.54) is 35.0 Å². The summed E-state index contributed by atoms with van der Waals surface area (Å²) in [6.45, 7) is 2.88. The number of halogens is 3. The summed E-state index contributed by atoms with van der Waals surface area (Å²) in [6, 6.07) is 7.04. The van der Waals surface area contributed by atoms with Crippen LogP contribution in [0.3, 0.4) is 0 Å². The Bertz CT molecular complexity index is 1890. The van der Waals surface area contributed by atoms with Gasteiger partial charge in [0, 0.05) is 36.2 Å². The number of anilines is 1. The second-order valence-corrected chi connectivity index (χ2v) is 11.2. The summed E-state index contributed by atoms with van der Waals surface area (Å²) >= 11 is 0. The zero-order valence-corrected chi connectivity index (χ0v) is 24.8. The summed E-state index contributed by atoms with van der Waals surface area (Å²) in [5.74, 6) is -0.956. The molecule has 1 saturated heterocycles. The second kappa shape index (κ2) is 12.4. The first-order chi connectivity index (χ1) is 22.0. The van der Waals surface area contributed by atoms with Gasteiger partial charge in [-0.1, -0.05) is 6.08 Å². The lowest BCUT2D eigenvalue weighted by Crippen LogP contribution is -2.40. The number of benzene rings is 1. The van der Waals surface area contributed by atoms with Crippen molar-refractivity contribution in [2.24, 2.45) is 0 Å². The minimum Gasteiger partial charge on any atom is -0.505 e. The maximum absolute atomic E-state index is 14.0. The van der Waals surface area contributed by atoms with E-state index in [1.54, 1.807) is 16.4 Å². The average Bonchev–Trinajstić information content (AvgIpc) is 3.50. The zero-order chi connectivity index (χ0) is 32.6. The molecular weight excluding hydrogens is 607 g/mol. The summed E-state index contributed by atoms with van der Waals surface area (Å²) in [4.78, 5) is 50.4. The number of carbonyl (C=O) groups is 2. The topological polar surface area (TPSA) is 144 Å². The number of likely N-dealkylation sites (tertiary alicyclic amines) is 1. The Morgan fingerprint density at radius 1 is 1.13 bits per heavy atom. The minimum atomic E-state index is -4.51. The van der Waals surface area contributed by atoms with Crippen LogP contribution in [0, 0.1) is 6.92 Å². The molecule has 2 amide bonds. The fraction of sp³-hybridized carbons (Fsp3) is 0.355. The van der Waals surface area contributed by atoms with Gasteiger partial charge in [-0.3, -0.25) is 14.4 Å². The average molecular weight is 638 g/mol. The molecule has 46 heavy (non-hydrogen) atoms. The molecule has 0 bridgehead atoms. The number of fused-ring (bicyclic) bond motifs is 1. The van der Waals surface area contributed by atoms with Crippen LogP contribution in [-0.2, 0) is 22.3 Å².